The van der Waals surface area contributed by atoms with E-state index < -0.39 is 5.82 Å². The summed E-state index contributed by atoms with van der Waals surface area (Å²) < 4.78 is 20.4. The van der Waals surface area contributed by atoms with Gasteiger partial charge in [0.2, 0.25) is 0 Å². The minimum atomic E-state index is -0.400. The molecule has 0 aliphatic heterocycles. The van der Waals surface area contributed by atoms with Crippen LogP contribution in [0.2, 0.25) is 0 Å². The van der Waals surface area contributed by atoms with Crippen LogP contribution in [-0.4, -0.2) is 33.9 Å². The van der Waals surface area contributed by atoms with Gasteiger partial charge in [0.25, 0.3) is 0 Å². The summed E-state index contributed by atoms with van der Waals surface area (Å²) in [6, 6.07) is 4.46. The molecule has 0 fully saturated rings. The number of methoxy groups -OCH3 is 1. The topological polar surface area (TPSA) is 64.9 Å². The van der Waals surface area contributed by atoms with Crippen LogP contribution in [0.3, 0.4) is 0 Å². The van der Waals surface area contributed by atoms with E-state index in [-0.39, 0.29) is 5.69 Å². The molecule has 20 heavy (non-hydrogen) atoms. The highest BCUT2D eigenvalue weighted by Crippen LogP contribution is 2.20. The Morgan fingerprint density at radius 2 is 2.20 bits per heavy atom. The lowest BCUT2D eigenvalue weighted by Gasteiger charge is -2.09. The lowest BCUT2D eigenvalue weighted by atomic mass is 10.2. The van der Waals surface area contributed by atoms with E-state index in [2.05, 4.69) is 34.7 Å². The minimum Gasteiger partial charge on any atom is -0.497 e. The number of nitrogens with one attached hydrogen (secondary N) is 1. The molecule has 0 bridgehead atoms. The molecule has 0 aliphatic rings. The average molecular weight is 279 g/mol. The van der Waals surface area contributed by atoms with Crippen molar-refractivity contribution in [2.45, 2.75) is 20.4 Å². The quantitative estimate of drug-likeness (QED) is 0.869. The molecule has 0 aliphatic carbocycles. The van der Waals surface area contributed by atoms with E-state index in [0.29, 0.717) is 24.0 Å². The van der Waals surface area contributed by atoms with Crippen LogP contribution in [0.4, 0.5) is 4.39 Å². The van der Waals surface area contributed by atoms with Gasteiger partial charge in [0.15, 0.2) is 5.82 Å². The van der Waals surface area contributed by atoms with Gasteiger partial charge in [-0.3, -0.25) is 0 Å². The third kappa shape index (κ3) is 3.30. The lowest BCUT2D eigenvalue weighted by molar-refractivity contribution is 0.413. The average Bonchev–Trinajstić information content (AvgIpc) is 2.87. The second kappa shape index (κ2) is 6.42. The molecule has 7 heteroatoms. The number of ether oxygens (including phenoxy) is 1. The molecule has 1 heterocycles. The molecular weight excluding hydrogens is 261 g/mol. The summed E-state index contributed by atoms with van der Waals surface area (Å²) in [6.45, 7) is 5.53. The third-order valence-electron chi connectivity index (χ3n) is 2.75. The Morgan fingerprint density at radius 3 is 2.90 bits per heavy atom. The maximum atomic E-state index is 13.9. The number of rotatable bonds is 6. The van der Waals surface area contributed by atoms with Crippen LogP contribution in [0.25, 0.3) is 5.69 Å². The normalized spacial score (nSPS) is 11.1. The first-order chi connectivity index (χ1) is 9.61. The minimum absolute atomic E-state index is 0.274. The van der Waals surface area contributed by atoms with Gasteiger partial charge in [-0.05, 0) is 35.0 Å². The van der Waals surface area contributed by atoms with E-state index in [4.69, 9.17) is 4.74 Å². The van der Waals surface area contributed by atoms with Gasteiger partial charge in [-0.25, -0.2) is 4.39 Å². The van der Waals surface area contributed by atoms with Crippen LogP contribution in [-0.2, 0) is 6.54 Å². The van der Waals surface area contributed by atoms with Gasteiger partial charge in [0.1, 0.15) is 17.3 Å². The first-order valence-corrected chi connectivity index (χ1v) is 6.43. The molecule has 108 valence electrons. The van der Waals surface area contributed by atoms with Gasteiger partial charge >= 0.3 is 0 Å². The molecule has 0 spiro atoms. The summed E-state index contributed by atoms with van der Waals surface area (Å²) in [5.41, 5.74) is 0.274. The van der Waals surface area contributed by atoms with Gasteiger partial charge in [-0.15, -0.1) is 5.10 Å². The molecule has 0 radical (unpaired) electrons. The van der Waals surface area contributed by atoms with Crippen LogP contribution in [0.1, 0.15) is 19.7 Å². The van der Waals surface area contributed by atoms with Gasteiger partial charge in [-0.1, -0.05) is 13.8 Å². The summed E-state index contributed by atoms with van der Waals surface area (Å²) in [6.07, 6.45) is 0. The van der Waals surface area contributed by atoms with Crippen LogP contribution in [0.5, 0.6) is 5.75 Å². The van der Waals surface area contributed by atoms with E-state index in [9.17, 15) is 4.39 Å². The maximum Gasteiger partial charge on any atom is 0.170 e. The van der Waals surface area contributed by atoms with Gasteiger partial charge in [-0.2, -0.15) is 4.68 Å². The predicted molar refractivity (Wildman–Crippen MR) is 72.2 cm³/mol. The molecule has 0 saturated carbocycles. The number of nitrogens with zero attached hydrogens (tertiary/aromatic N) is 4. The molecule has 1 N–H and O–H groups in total. The Bertz CT molecular complexity index is 570. The summed E-state index contributed by atoms with van der Waals surface area (Å²) >= 11 is 0. The van der Waals surface area contributed by atoms with Crippen molar-refractivity contribution in [3.63, 3.8) is 0 Å². The first kappa shape index (κ1) is 14.4. The molecule has 1 aromatic carbocycles. The molecule has 0 unspecified atom stereocenters. The fourth-order valence-corrected chi connectivity index (χ4v) is 1.76. The van der Waals surface area contributed by atoms with E-state index in [1.54, 1.807) is 12.1 Å². The van der Waals surface area contributed by atoms with Crippen molar-refractivity contribution in [3.8, 4) is 11.4 Å². The van der Waals surface area contributed by atoms with Crippen LogP contribution in [0, 0.1) is 11.7 Å². The summed E-state index contributed by atoms with van der Waals surface area (Å²) in [5.74, 6) is 1.23. The SMILES string of the molecule is COc1ccc(F)c(-n2nnnc2CNCC(C)C)c1. The Hall–Kier alpha value is -2.02. The largest absolute Gasteiger partial charge is 0.497 e. The van der Waals surface area contributed by atoms with Crippen LogP contribution >= 0.6 is 0 Å². The Labute approximate surface area is 116 Å². The number of hydrogen-bond acceptors (Lipinski definition) is 5. The van der Waals surface area contributed by atoms with Gasteiger partial charge < -0.3 is 10.1 Å². The lowest BCUT2D eigenvalue weighted by Crippen LogP contribution is -2.21. The molecule has 6 nitrogen and oxygen atoms in total. The zero-order chi connectivity index (χ0) is 14.5. The van der Waals surface area contributed by atoms with Crippen molar-refractivity contribution in [1.29, 1.82) is 0 Å². The zero-order valence-electron chi connectivity index (χ0n) is 11.8. The molecule has 0 atom stereocenters. The smallest absolute Gasteiger partial charge is 0.170 e. The highest BCUT2D eigenvalue weighted by molar-refractivity contribution is 5.40. The van der Waals surface area contributed by atoms with Gasteiger partial charge in [0, 0.05) is 6.07 Å². The number of aromatic nitrogens is 4. The van der Waals surface area contributed by atoms with E-state index >= 15 is 0 Å². The second-order valence-corrected chi connectivity index (χ2v) is 4.85. The maximum absolute atomic E-state index is 13.9. The summed E-state index contributed by atoms with van der Waals surface area (Å²) in [7, 11) is 1.53. The molecular formula is C13H18FN5O. The first-order valence-electron chi connectivity index (χ1n) is 6.43. The van der Waals surface area contributed by atoms with Crippen molar-refractivity contribution in [2.24, 2.45) is 5.92 Å². The zero-order valence-corrected chi connectivity index (χ0v) is 11.8. The molecule has 0 amide bonds. The fraction of sp³-hybridized carbons (Fsp3) is 0.462. The van der Waals surface area contributed by atoms with Crippen molar-refractivity contribution >= 4 is 0 Å². The van der Waals surface area contributed by atoms with E-state index in [0.717, 1.165) is 6.54 Å². The van der Waals surface area contributed by atoms with Crippen LogP contribution in [0.15, 0.2) is 18.2 Å². The third-order valence-corrected chi connectivity index (χ3v) is 2.75. The molecule has 2 rings (SSSR count). The monoisotopic (exact) mass is 279 g/mol. The van der Waals surface area contributed by atoms with E-state index in [1.165, 1.54) is 17.9 Å². The van der Waals surface area contributed by atoms with Crippen molar-refractivity contribution in [2.75, 3.05) is 13.7 Å². The molecule has 2 aromatic rings. The van der Waals surface area contributed by atoms with Crippen molar-refractivity contribution in [1.82, 2.24) is 25.5 Å². The highest BCUT2D eigenvalue weighted by Gasteiger charge is 2.13. The second-order valence-electron chi connectivity index (χ2n) is 4.85. The number of hydrogen-bond donors (Lipinski definition) is 1. The summed E-state index contributed by atoms with van der Waals surface area (Å²) in [5, 5.41) is 14.6. The van der Waals surface area contributed by atoms with E-state index in [1.807, 2.05) is 0 Å². The number of benzene rings is 1. The van der Waals surface area contributed by atoms with Crippen LogP contribution < -0.4 is 10.1 Å². The summed E-state index contributed by atoms with van der Waals surface area (Å²) in [4.78, 5) is 0. The molecule has 0 saturated heterocycles. The molecule has 1 aromatic heterocycles. The van der Waals surface area contributed by atoms with Crippen molar-refractivity contribution in [3.05, 3.63) is 29.8 Å². The Balaban J connectivity index is 2.23. The standard InChI is InChI=1S/C13H18FN5O/c1-9(2)7-15-8-13-16-17-18-19(13)12-6-10(20-3)4-5-11(12)14/h4-6,9,15H,7-8H2,1-3H3. The predicted octanol–water partition coefficient (Wildman–Crippen LogP) is 1.56. The fourth-order valence-electron chi connectivity index (χ4n) is 1.76. The van der Waals surface area contributed by atoms with Crippen molar-refractivity contribution < 1.29 is 9.13 Å². The highest BCUT2D eigenvalue weighted by atomic mass is 19.1. The Morgan fingerprint density at radius 1 is 1.40 bits per heavy atom. The number of tetrazole rings is 1. The Kier molecular flexibility index (Phi) is 4.62. The van der Waals surface area contributed by atoms with Gasteiger partial charge in [0.05, 0.1) is 13.7 Å². The number of halogens is 1.